The fourth-order valence-corrected chi connectivity index (χ4v) is 3.70. The van der Waals surface area contributed by atoms with E-state index in [9.17, 15) is 9.18 Å². The summed E-state index contributed by atoms with van der Waals surface area (Å²) < 4.78 is 24.6. The molecule has 0 saturated heterocycles. The number of hydrogen-bond acceptors (Lipinski definition) is 4. The van der Waals surface area contributed by atoms with E-state index in [4.69, 9.17) is 26.1 Å². The minimum absolute atomic E-state index is 0.0954. The fourth-order valence-electron chi connectivity index (χ4n) is 3.52. The molecule has 5 nitrogen and oxygen atoms in total. The molecule has 1 aromatic heterocycles. The van der Waals surface area contributed by atoms with Crippen LogP contribution in [0, 0.1) is 5.82 Å². The maximum Gasteiger partial charge on any atom is 0.255 e. The first-order valence-electron chi connectivity index (χ1n) is 10.3. The van der Waals surface area contributed by atoms with Gasteiger partial charge in [0.25, 0.3) is 5.91 Å². The summed E-state index contributed by atoms with van der Waals surface area (Å²) in [6.07, 6.45) is 0. The molecular formula is C26H18ClFN2O3. The van der Waals surface area contributed by atoms with Crippen LogP contribution >= 0.6 is 11.6 Å². The van der Waals surface area contributed by atoms with Gasteiger partial charge in [-0.05, 0) is 60.7 Å². The minimum atomic E-state index is -0.566. The van der Waals surface area contributed by atoms with Gasteiger partial charge in [-0.1, -0.05) is 29.8 Å². The van der Waals surface area contributed by atoms with Crippen LogP contribution in [0.15, 0.2) is 78.9 Å². The van der Waals surface area contributed by atoms with E-state index in [0.717, 1.165) is 28.3 Å². The van der Waals surface area contributed by atoms with Crippen LogP contribution < -0.4 is 14.8 Å². The average Bonchev–Trinajstić information content (AvgIpc) is 2.86. The maximum atomic E-state index is 13.3. The summed E-state index contributed by atoms with van der Waals surface area (Å²) in [5.41, 5.74) is 4.33. The molecule has 1 N–H and O–H groups in total. The third kappa shape index (κ3) is 4.52. The minimum Gasteiger partial charge on any atom is -0.486 e. The lowest BCUT2D eigenvalue weighted by Crippen LogP contribution is -2.15. The second-order valence-electron chi connectivity index (χ2n) is 7.43. The van der Waals surface area contributed by atoms with E-state index in [-0.39, 0.29) is 16.5 Å². The van der Waals surface area contributed by atoms with Crippen LogP contribution in [-0.2, 0) is 0 Å². The molecule has 0 unspecified atom stereocenters. The number of halogens is 2. The fraction of sp³-hybridized carbons (Fsp3) is 0.0769. The van der Waals surface area contributed by atoms with Gasteiger partial charge in [-0.15, -0.1) is 0 Å². The van der Waals surface area contributed by atoms with Crippen molar-refractivity contribution in [1.29, 1.82) is 0 Å². The molecule has 1 aliphatic heterocycles. The predicted molar refractivity (Wildman–Crippen MR) is 125 cm³/mol. The molecule has 0 spiro atoms. The van der Waals surface area contributed by atoms with E-state index < -0.39 is 5.82 Å². The summed E-state index contributed by atoms with van der Waals surface area (Å²) in [5.74, 6) is 0.516. The SMILES string of the molecule is O=C(Nc1ccc(-c2cccc(-c3ccc4c(c3)OCCO4)n2)cc1)c1ccc(F)c(Cl)c1. The highest BCUT2D eigenvalue weighted by atomic mass is 35.5. The van der Waals surface area contributed by atoms with Gasteiger partial charge < -0.3 is 14.8 Å². The Labute approximate surface area is 194 Å². The molecule has 1 aliphatic rings. The summed E-state index contributed by atoms with van der Waals surface area (Å²) in [5, 5.41) is 2.69. The molecule has 33 heavy (non-hydrogen) atoms. The highest BCUT2D eigenvalue weighted by Crippen LogP contribution is 2.34. The van der Waals surface area contributed by atoms with Gasteiger partial charge >= 0.3 is 0 Å². The molecule has 2 heterocycles. The van der Waals surface area contributed by atoms with Crippen molar-refractivity contribution in [2.75, 3.05) is 18.5 Å². The lowest BCUT2D eigenvalue weighted by atomic mass is 10.1. The summed E-state index contributed by atoms with van der Waals surface area (Å²) in [6.45, 7) is 1.08. The number of fused-ring (bicyclic) bond motifs is 1. The molecule has 0 saturated carbocycles. The first kappa shape index (κ1) is 21.0. The van der Waals surface area contributed by atoms with Crippen molar-refractivity contribution >= 4 is 23.2 Å². The van der Waals surface area contributed by atoms with E-state index in [2.05, 4.69) is 5.32 Å². The van der Waals surface area contributed by atoms with Crippen LogP contribution in [0.25, 0.3) is 22.5 Å². The Morgan fingerprint density at radius 1 is 0.848 bits per heavy atom. The molecule has 3 aromatic carbocycles. The Morgan fingerprint density at radius 3 is 2.30 bits per heavy atom. The number of ether oxygens (including phenoxy) is 2. The molecule has 0 radical (unpaired) electrons. The van der Waals surface area contributed by atoms with Crippen molar-refractivity contribution in [3.05, 3.63) is 95.3 Å². The quantitative estimate of drug-likeness (QED) is 0.392. The Bertz CT molecular complexity index is 1340. The van der Waals surface area contributed by atoms with E-state index >= 15 is 0 Å². The second-order valence-corrected chi connectivity index (χ2v) is 7.83. The van der Waals surface area contributed by atoms with Crippen LogP contribution in [0.2, 0.25) is 5.02 Å². The summed E-state index contributed by atoms with van der Waals surface area (Å²) in [6, 6.07) is 22.8. The Hall–Kier alpha value is -3.90. The number of amides is 1. The number of nitrogens with zero attached hydrogens (tertiary/aromatic N) is 1. The van der Waals surface area contributed by atoms with Gasteiger partial charge in [-0.2, -0.15) is 0 Å². The smallest absolute Gasteiger partial charge is 0.255 e. The first-order chi connectivity index (χ1) is 16.1. The second kappa shape index (κ2) is 8.92. The molecule has 1 amide bonds. The number of aromatic nitrogens is 1. The molecule has 164 valence electrons. The molecular weight excluding hydrogens is 443 g/mol. The highest BCUT2D eigenvalue weighted by molar-refractivity contribution is 6.31. The third-order valence-corrected chi connectivity index (χ3v) is 5.50. The average molecular weight is 461 g/mol. The molecule has 0 fully saturated rings. The lowest BCUT2D eigenvalue weighted by Gasteiger charge is -2.18. The van der Waals surface area contributed by atoms with Crippen LogP contribution in [-0.4, -0.2) is 24.1 Å². The molecule has 5 rings (SSSR count). The summed E-state index contributed by atoms with van der Waals surface area (Å²) >= 11 is 5.77. The topological polar surface area (TPSA) is 60.5 Å². The van der Waals surface area contributed by atoms with Gasteiger partial charge in [0.1, 0.15) is 19.0 Å². The van der Waals surface area contributed by atoms with Crippen molar-refractivity contribution in [3.63, 3.8) is 0 Å². The number of nitrogens with one attached hydrogen (secondary N) is 1. The maximum absolute atomic E-state index is 13.3. The number of hydrogen-bond donors (Lipinski definition) is 1. The number of carbonyl (C=O) groups excluding carboxylic acids is 1. The Balaban J connectivity index is 1.34. The zero-order chi connectivity index (χ0) is 22.8. The zero-order valence-electron chi connectivity index (χ0n) is 17.3. The van der Waals surface area contributed by atoms with Crippen LogP contribution in [0.4, 0.5) is 10.1 Å². The van der Waals surface area contributed by atoms with Crippen molar-refractivity contribution in [3.8, 4) is 34.0 Å². The van der Waals surface area contributed by atoms with Gasteiger partial charge in [0.15, 0.2) is 11.5 Å². The highest BCUT2D eigenvalue weighted by Gasteiger charge is 2.14. The van der Waals surface area contributed by atoms with E-state index in [1.807, 2.05) is 48.5 Å². The predicted octanol–water partition coefficient (Wildman–Crippen LogP) is 6.23. The number of pyridine rings is 1. The molecule has 7 heteroatoms. The number of anilines is 1. The Morgan fingerprint density at radius 2 is 1.55 bits per heavy atom. The van der Waals surface area contributed by atoms with Gasteiger partial charge in [0.05, 0.1) is 16.4 Å². The third-order valence-electron chi connectivity index (χ3n) is 5.21. The van der Waals surface area contributed by atoms with Crippen molar-refractivity contribution in [2.24, 2.45) is 0 Å². The zero-order valence-corrected chi connectivity index (χ0v) is 18.1. The largest absolute Gasteiger partial charge is 0.486 e. The number of rotatable bonds is 4. The molecule has 0 bridgehead atoms. The standard InChI is InChI=1S/C26H18ClFN2O3/c27-20-14-18(6-10-21(20)28)26(31)29-19-8-4-16(5-9-19)22-2-1-3-23(30-22)17-7-11-24-25(15-17)33-13-12-32-24/h1-11,14-15H,12-13H2,(H,29,31). The monoisotopic (exact) mass is 460 g/mol. The van der Waals surface area contributed by atoms with E-state index in [1.165, 1.54) is 18.2 Å². The number of benzene rings is 3. The number of carbonyl (C=O) groups is 1. The van der Waals surface area contributed by atoms with E-state index in [0.29, 0.717) is 24.7 Å². The van der Waals surface area contributed by atoms with E-state index in [1.54, 1.807) is 12.1 Å². The van der Waals surface area contributed by atoms with Crippen LogP contribution in [0.5, 0.6) is 11.5 Å². The van der Waals surface area contributed by atoms with Crippen LogP contribution in [0.1, 0.15) is 10.4 Å². The van der Waals surface area contributed by atoms with Crippen molar-refractivity contribution in [2.45, 2.75) is 0 Å². The van der Waals surface area contributed by atoms with Gasteiger partial charge in [-0.25, -0.2) is 9.37 Å². The Kier molecular flexibility index (Phi) is 5.67. The first-order valence-corrected chi connectivity index (χ1v) is 10.7. The molecule has 0 atom stereocenters. The lowest BCUT2D eigenvalue weighted by molar-refractivity contribution is 0.102. The summed E-state index contributed by atoms with van der Waals surface area (Å²) in [4.78, 5) is 17.2. The van der Waals surface area contributed by atoms with Crippen LogP contribution in [0.3, 0.4) is 0 Å². The normalized spacial score (nSPS) is 12.3. The summed E-state index contributed by atoms with van der Waals surface area (Å²) in [7, 11) is 0. The van der Waals surface area contributed by atoms with Gasteiger partial charge in [-0.3, -0.25) is 4.79 Å². The van der Waals surface area contributed by atoms with Gasteiger partial charge in [0.2, 0.25) is 0 Å². The van der Waals surface area contributed by atoms with Gasteiger partial charge in [0, 0.05) is 22.4 Å². The van der Waals surface area contributed by atoms with Crippen molar-refractivity contribution in [1.82, 2.24) is 4.98 Å². The molecule has 4 aromatic rings. The van der Waals surface area contributed by atoms with Crippen molar-refractivity contribution < 1.29 is 18.7 Å². The molecule has 0 aliphatic carbocycles.